The largest absolute Gasteiger partial charge is 0.457 e. The number of carbonyl (C=O) groups is 2. The molecule has 0 spiro atoms. The van der Waals surface area contributed by atoms with E-state index in [0.29, 0.717) is 5.57 Å². The molecule has 3 rings (SSSR count). The highest BCUT2D eigenvalue weighted by molar-refractivity contribution is 5.93. The van der Waals surface area contributed by atoms with Crippen molar-refractivity contribution in [1.82, 2.24) is 0 Å². The second-order valence-corrected chi connectivity index (χ2v) is 8.16. The van der Waals surface area contributed by atoms with Crippen molar-refractivity contribution in [3.8, 4) is 0 Å². The van der Waals surface area contributed by atoms with E-state index in [-0.39, 0.29) is 19.3 Å². The van der Waals surface area contributed by atoms with Crippen LogP contribution in [-0.4, -0.2) is 62.7 Å². The minimum absolute atomic E-state index is 0.0262. The number of cyclic esters (lactones) is 1. The number of carbonyl (C=O) groups excluding carboxylic acids is 2. The normalized spacial score (nSPS) is 38.4. The molecule has 7 heteroatoms. The third-order valence-electron chi connectivity index (χ3n) is 5.84. The number of hydrogen-bond acceptors (Lipinski definition) is 7. The summed E-state index contributed by atoms with van der Waals surface area (Å²) in [5.41, 5.74) is 1.37. The van der Waals surface area contributed by atoms with Gasteiger partial charge in [-0.3, -0.25) is 9.59 Å². The first-order chi connectivity index (χ1) is 14.4. The zero-order valence-electron chi connectivity index (χ0n) is 16.9. The van der Waals surface area contributed by atoms with E-state index in [1.165, 1.54) is 24.3 Å². The Bertz CT molecular complexity index is 764. The average molecular weight is 418 g/mol. The van der Waals surface area contributed by atoms with Crippen molar-refractivity contribution in [1.29, 1.82) is 0 Å². The van der Waals surface area contributed by atoms with E-state index >= 15 is 0 Å². The van der Waals surface area contributed by atoms with Gasteiger partial charge in [-0.1, -0.05) is 30.4 Å². The van der Waals surface area contributed by atoms with Crippen LogP contribution in [0.4, 0.5) is 0 Å². The molecule has 0 aromatic rings. The van der Waals surface area contributed by atoms with Crippen molar-refractivity contribution in [3.63, 3.8) is 0 Å². The molecular formula is C23H30O7. The molecule has 0 saturated heterocycles. The summed E-state index contributed by atoms with van der Waals surface area (Å²) in [5, 5.41) is 40.6. The van der Waals surface area contributed by atoms with Crippen molar-refractivity contribution < 1.29 is 34.8 Å². The predicted octanol–water partition coefficient (Wildman–Crippen LogP) is 1.26. The van der Waals surface area contributed by atoms with Gasteiger partial charge in [0.25, 0.3) is 0 Å². The maximum Gasteiger partial charge on any atom is 0.316 e. The Balaban J connectivity index is 1.93. The van der Waals surface area contributed by atoms with Gasteiger partial charge in [0.1, 0.15) is 18.1 Å². The molecule has 0 radical (unpaired) electrons. The van der Waals surface area contributed by atoms with Gasteiger partial charge in [0.05, 0.1) is 18.3 Å². The number of aliphatic hydroxyl groups is 4. The lowest BCUT2D eigenvalue weighted by Gasteiger charge is -2.31. The summed E-state index contributed by atoms with van der Waals surface area (Å²) < 4.78 is 5.80. The third kappa shape index (κ3) is 5.55. The molecule has 1 aliphatic heterocycles. The first-order valence-corrected chi connectivity index (χ1v) is 10.6. The fourth-order valence-electron chi connectivity index (χ4n) is 4.16. The molecule has 164 valence electrons. The van der Waals surface area contributed by atoms with Crippen LogP contribution in [0, 0.1) is 5.92 Å². The van der Waals surface area contributed by atoms with Gasteiger partial charge in [-0.2, -0.15) is 0 Å². The van der Waals surface area contributed by atoms with Crippen LogP contribution < -0.4 is 0 Å². The van der Waals surface area contributed by atoms with Crippen LogP contribution in [0.25, 0.3) is 0 Å². The Morgan fingerprint density at radius 3 is 2.43 bits per heavy atom. The van der Waals surface area contributed by atoms with E-state index in [2.05, 4.69) is 6.08 Å². The molecule has 30 heavy (non-hydrogen) atoms. The topological polar surface area (TPSA) is 124 Å². The molecule has 2 aliphatic carbocycles. The highest BCUT2D eigenvalue weighted by atomic mass is 16.5. The van der Waals surface area contributed by atoms with Gasteiger partial charge < -0.3 is 25.2 Å². The SMILES string of the molecule is O=C1/C=C\C[C@H](C2=CCCCC2)OC(=O)C2C(=CC(O)CC2O)/C=C/CC(O)C1O. The number of ketones is 1. The van der Waals surface area contributed by atoms with Crippen LogP contribution in [0.1, 0.15) is 44.9 Å². The Morgan fingerprint density at radius 2 is 1.70 bits per heavy atom. The molecule has 0 aromatic heterocycles. The Hall–Kier alpha value is -2.06. The van der Waals surface area contributed by atoms with E-state index < -0.39 is 48.2 Å². The first-order valence-electron chi connectivity index (χ1n) is 10.6. The van der Waals surface area contributed by atoms with E-state index in [9.17, 15) is 30.0 Å². The fourth-order valence-corrected chi connectivity index (χ4v) is 4.16. The number of hydrogen-bond donors (Lipinski definition) is 4. The fraction of sp³-hybridized carbons (Fsp3) is 0.565. The highest BCUT2D eigenvalue weighted by Gasteiger charge is 2.37. The van der Waals surface area contributed by atoms with Gasteiger partial charge in [0, 0.05) is 12.8 Å². The van der Waals surface area contributed by atoms with Crippen LogP contribution in [0.15, 0.2) is 47.6 Å². The Labute approximate surface area is 176 Å². The zero-order chi connectivity index (χ0) is 21.7. The van der Waals surface area contributed by atoms with Crippen molar-refractivity contribution in [2.24, 2.45) is 5.92 Å². The maximum absolute atomic E-state index is 13.0. The Kier molecular flexibility index (Phi) is 7.77. The van der Waals surface area contributed by atoms with E-state index in [1.54, 1.807) is 6.08 Å². The first kappa shape index (κ1) is 22.6. The van der Waals surface area contributed by atoms with Gasteiger partial charge >= 0.3 is 5.97 Å². The van der Waals surface area contributed by atoms with Crippen molar-refractivity contribution in [2.75, 3.05) is 0 Å². The molecule has 7 nitrogen and oxygen atoms in total. The summed E-state index contributed by atoms with van der Waals surface area (Å²) in [5.74, 6) is -2.15. The van der Waals surface area contributed by atoms with Crippen LogP contribution in [0.5, 0.6) is 0 Å². The minimum atomic E-state index is -1.56. The molecular weight excluding hydrogens is 388 g/mol. The van der Waals surface area contributed by atoms with Crippen molar-refractivity contribution >= 4 is 11.8 Å². The lowest BCUT2D eigenvalue weighted by molar-refractivity contribution is -0.155. The van der Waals surface area contributed by atoms with E-state index in [4.69, 9.17) is 4.74 Å². The van der Waals surface area contributed by atoms with Crippen LogP contribution in [0.3, 0.4) is 0 Å². The lowest BCUT2D eigenvalue weighted by Crippen LogP contribution is -2.39. The number of allylic oxidation sites excluding steroid dienone is 2. The summed E-state index contributed by atoms with van der Waals surface area (Å²) in [6, 6.07) is 0. The number of rotatable bonds is 1. The van der Waals surface area contributed by atoms with Crippen molar-refractivity contribution in [3.05, 3.63) is 47.6 Å². The second-order valence-electron chi connectivity index (χ2n) is 8.16. The smallest absolute Gasteiger partial charge is 0.316 e. The molecule has 0 saturated carbocycles. The van der Waals surface area contributed by atoms with Gasteiger partial charge in [-0.05, 0) is 49.3 Å². The number of fused-ring (bicyclic) bond motifs is 1. The molecule has 0 amide bonds. The summed E-state index contributed by atoms with van der Waals surface area (Å²) in [4.78, 5) is 25.2. The standard InChI is InChI=1S/C23H30O7/c24-16-12-15-8-4-9-17(25)22(28)18(26)10-5-11-20(14-6-2-1-3-7-14)30-23(29)21(15)19(27)13-16/h4-6,8,10,12,16-17,19-22,24-25,27-28H,1-3,7,9,11,13H2/b8-4+,10-5-/t16?,17?,19?,20-,21?,22?/m1/s1. The Morgan fingerprint density at radius 1 is 0.933 bits per heavy atom. The number of esters is 1. The number of aliphatic hydroxyl groups excluding tert-OH is 4. The van der Waals surface area contributed by atoms with Crippen LogP contribution in [0.2, 0.25) is 0 Å². The molecule has 6 atom stereocenters. The zero-order valence-corrected chi connectivity index (χ0v) is 16.9. The monoisotopic (exact) mass is 418 g/mol. The molecule has 4 N–H and O–H groups in total. The lowest BCUT2D eigenvalue weighted by atomic mass is 9.83. The van der Waals surface area contributed by atoms with E-state index in [1.807, 2.05) is 0 Å². The predicted molar refractivity (Wildman–Crippen MR) is 109 cm³/mol. The minimum Gasteiger partial charge on any atom is -0.457 e. The molecule has 0 aromatic carbocycles. The summed E-state index contributed by atoms with van der Waals surface area (Å²) >= 11 is 0. The van der Waals surface area contributed by atoms with Gasteiger partial charge in [-0.15, -0.1) is 0 Å². The molecule has 0 fully saturated rings. The third-order valence-corrected chi connectivity index (χ3v) is 5.84. The highest BCUT2D eigenvalue weighted by Crippen LogP contribution is 2.31. The van der Waals surface area contributed by atoms with Crippen LogP contribution in [-0.2, 0) is 14.3 Å². The van der Waals surface area contributed by atoms with E-state index in [0.717, 1.165) is 31.3 Å². The van der Waals surface area contributed by atoms with Gasteiger partial charge in [0.2, 0.25) is 0 Å². The molecule has 0 bridgehead atoms. The molecule has 1 heterocycles. The quantitative estimate of drug-likeness (QED) is 0.373. The summed E-state index contributed by atoms with van der Waals surface area (Å²) in [7, 11) is 0. The summed E-state index contributed by atoms with van der Waals surface area (Å²) in [6.45, 7) is 0. The van der Waals surface area contributed by atoms with Gasteiger partial charge in [0.15, 0.2) is 5.78 Å². The maximum atomic E-state index is 13.0. The van der Waals surface area contributed by atoms with Crippen LogP contribution >= 0.6 is 0 Å². The molecule has 5 unspecified atom stereocenters. The van der Waals surface area contributed by atoms with Crippen molar-refractivity contribution in [2.45, 2.75) is 75.5 Å². The van der Waals surface area contributed by atoms with Gasteiger partial charge in [-0.25, -0.2) is 0 Å². The molecule has 3 aliphatic rings. The summed E-state index contributed by atoms with van der Waals surface area (Å²) in [6.07, 6.45) is 7.89. The number of ether oxygens (including phenoxy) is 1. The average Bonchev–Trinajstić information content (AvgIpc) is 2.71. The second kappa shape index (κ2) is 10.3.